The molecule has 0 unspecified atom stereocenters. The topological polar surface area (TPSA) is 36.6 Å². The maximum Gasteiger partial charge on any atom is 0.118 e. The van der Waals surface area contributed by atoms with Crippen LogP contribution in [0.15, 0.2) is 16.5 Å². The molecule has 0 saturated carbocycles. The van der Waals surface area contributed by atoms with E-state index in [4.69, 9.17) is 4.42 Å². The number of nitrogens with zero attached hydrogens (tertiary/aromatic N) is 1. The van der Waals surface area contributed by atoms with Gasteiger partial charge in [0.15, 0.2) is 0 Å². The molecule has 1 N–H and O–H groups in total. The zero-order chi connectivity index (χ0) is 12.3. The average molecular weight is 237 g/mol. The first-order valence-corrected chi connectivity index (χ1v) is 6.67. The van der Waals surface area contributed by atoms with Gasteiger partial charge in [-0.05, 0) is 44.4 Å². The summed E-state index contributed by atoms with van der Waals surface area (Å²) in [6.07, 6.45) is 3.08. The van der Waals surface area contributed by atoms with E-state index in [0.717, 1.165) is 44.0 Å². The van der Waals surface area contributed by atoms with Gasteiger partial charge in [-0.3, -0.25) is 4.90 Å². The van der Waals surface area contributed by atoms with E-state index in [0.29, 0.717) is 5.92 Å². The molecule has 0 spiro atoms. The summed E-state index contributed by atoms with van der Waals surface area (Å²) >= 11 is 0. The van der Waals surface area contributed by atoms with Gasteiger partial charge in [-0.25, -0.2) is 0 Å². The van der Waals surface area contributed by atoms with Gasteiger partial charge >= 0.3 is 0 Å². The van der Waals surface area contributed by atoms with Crippen molar-refractivity contribution in [3.05, 3.63) is 23.7 Å². The van der Waals surface area contributed by atoms with Crippen LogP contribution < -0.4 is 0 Å². The number of hydrogen-bond donors (Lipinski definition) is 1. The largest absolute Gasteiger partial charge is 0.465 e. The first kappa shape index (κ1) is 12.7. The number of rotatable bonds is 4. The number of likely N-dealkylation sites (tertiary alicyclic amines) is 1. The molecular weight excluding hydrogens is 214 g/mol. The Bertz CT molecular complexity index is 346. The van der Waals surface area contributed by atoms with E-state index in [1.807, 2.05) is 6.92 Å². The van der Waals surface area contributed by atoms with Gasteiger partial charge in [0.05, 0.1) is 12.6 Å². The molecule has 2 rings (SSSR count). The Morgan fingerprint density at radius 2 is 2.24 bits per heavy atom. The van der Waals surface area contributed by atoms with Crippen LogP contribution in [-0.4, -0.2) is 29.2 Å². The second-order valence-electron chi connectivity index (χ2n) is 5.10. The number of aliphatic hydroxyl groups excluding tert-OH is 1. The third-order valence-corrected chi connectivity index (χ3v) is 3.67. The minimum Gasteiger partial charge on any atom is -0.465 e. The molecule has 0 aliphatic carbocycles. The van der Waals surface area contributed by atoms with E-state index in [9.17, 15) is 5.11 Å². The lowest BCUT2D eigenvalue weighted by Gasteiger charge is -2.33. The van der Waals surface area contributed by atoms with Crippen LogP contribution in [0.2, 0.25) is 0 Å². The summed E-state index contributed by atoms with van der Waals surface area (Å²) in [5, 5.41) is 9.65. The summed E-state index contributed by atoms with van der Waals surface area (Å²) in [5.74, 6) is 2.53. The molecule has 0 aromatic carbocycles. The van der Waals surface area contributed by atoms with Gasteiger partial charge in [0.25, 0.3) is 0 Å². The second-order valence-corrected chi connectivity index (χ2v) is 5.10. The Morgan fingerprint density at radius 3 is 2.88 bits per heavy atom. The monoisotopic (exact) mass is 237 g/mol. The van der Waals surface area contributed by atoms with Crippen LogP contribution in [0, 0.1) is 5.92 Å². The van der Waals surface area contributed by atoms with Crippen LogP contribution >= 0.6 is 0 Å². The smallest absolute Gasteiger partial charge is 0.118 e. The summed E-state index contributed by atoms with van der Waals surface area (Å²) < 4.78 is 5.73. The molecule has 1 aliphatic rings. The molecule has 1 aromatic heterocycles. The minimum atomic E-state index is -0.194. The van der Waals surface area contributed by atoms with Crippen LogP contribution in [0.4, 0.5) is 0 Å². The predicted molar refractivity (Wildman–Crippen MR) is 67.8 cm³/mol. The Morgan fingerprint density at radius 1 is 1.47 bits per heavy atom. The Kier molecular flexibility index (Phi) is 4.24. The Hall–Kier alpha value is -0.800. The first-order chi connectivity index (χ1) is 8.19. The van der Waals surface area contributed by atoms with E-state index < -0.39 is 0 Å². The van der Waals surface area contributed by atoms with E-state index in [2.05, 4.69) is 24.0 Å². The van der Waals surface area contributed by atoms with E-state index in [1.54, 1.807) is 0 Å². The average Bonchev–Trinajstić information content (AvgIpc) is 2.77. The summed E-state index contributed by atoms with van der Waals surface area (Å²) in [6, 6.07) is 4.14. The molecule has 2 atom stereocenters. The number of hydrogen-bond acceptors (Lipinski definition) is 3. The highest BCUT2D eigenvalue weighted by Gasteiger charge is 2.23. The number of aliphatic hydroxyl groups is 1. The van der Waals surface area contributed by atoms with Crippen LogP contribution in [0.5, 0.6) is 0 Å². The first-order valence-electron chi connectivity index (χ1n) is 6.67. The number of piperidine rings is 1. The third kappa shape index (κ3) is 3.33. The van der Waals surface area contributed by atoms with Crippen molar-refractivity contribution in [3.63, 3.8) is 0 Å². The van der Waals surface area contributed by atoms with E-state index >= 15 is 0 Å². The van der Waals surface area contributed by atoms with Crippen molar-refractivity contribution < 1.29 is 9.52 Å². The fraction of sp³-hybridized carbons (Fsp3) is 0.714. The number of furan rings is 1. The molecule has 1 saturated heterocycles. The molecular formula is C14H23NO2. The highest BCUT2D eigenvalue weighted by molar-refractivity contribution is 5.07. The van der Waals surface area contributed by atoms with Crippen molar-refractivity contribution in [3.8, 4) is 0 Å². The lowest BCUT2D eigenvalue weighted by atomic mass is 9.93. The third-order valence-electron chi connectivity index (χ3n) is 3.67. The Labute approximate surface area is 103 Å². The van der Waals surface area contributed by atoms with Crippen LogP contribution in [0.25, 0.3) is 0 Å². The number of aryl methyl sites for hydroxylation is 1. The van der Waals surface area contributed by atoms with Crippen molar-refractivity contribution in [1.82, 2.24) is 4.90 Å². The predicted octanol–water partition coefficient (Wildman–Crippen LogP) is 2.43. The molecule has 3 nitrogen and oxygen atoms in total. The van der Waals surface area contributed by atoms with Gasteiger partial charge in [0.1, 0.15) is 11.5 Å². The molecule has 1 aromatic rings. The van der Waals surface area contributed by atoms with Crippen molar-refractivity contribution in [2.75, 3.05) is 13.1 Å². The van der Waals surface area contributed by atoms with Gasteiger partial charge < -0.3 is 9.52 Å². The zero-order valence-corrected chi connectivity index (χ0v) is 10.9. The molecule has 17 heavy (non-hydrogen) atoms. The molecule has 0 amide bonds. The fourth-order valence-electron chi connectivity index (χ4n) is 2.55. The Balaban J connectivity index is 1.90. The van der Waals surface area contributed by atoms with Gasteiger partial charge in [-0.2, -0.15) is 0 Å². The summed E-state index contributed by atoms with van der Waals surface area (Å²) in [6.45, 7) is 6.98. The quantitative estimate of drug-likeness (QED) is 0.873. The minimum absolute atomic E-state index is 0.194. The molecule has 1 fully saturated rings. The van der Waals surface area contributed by atoms with Crippen molar-refractivity contribution in [2.45, 2.75) is 45.8 Å². The fourth-order valence-corrected chi connectivity index (χ4v) is 2.55. The summed E-state index contributed by atoms with van der Waals surface area (Å²) in [7, 11) is 0. The molecule has 3 heteroatoms. The normalized spacial score (nSPS) is 23.8. The van der Waals surface area contributed by atoms with Crippen molar-refractivity contribution >= 4 is 0 Å². The van der Waals surface area contributed by atoms with Gasteiger partial charge in [-0.15, -0.1) is 0 Å². The van der Waals surface area contributed by atoms with E-state index in [1.165, 1.54) is 6.42 Å². The highest BCUT2D eigenvalue weighted by atomic mass is 16.3. The SMILES string of the molecule is CCc1ccc(CN2CCC[C@@H]([C@H](C)O)C2)o1. The zero-order valence-electron chi connectivity index (χ0n) is 10.9. The lowest BCUT2D eigenvalue weighted by Crippen LogP contribution is -2.38. The van der Waals surface area contributed by atoms with Crippen LogP contribution in [0.1, 0.15) is 38.2 Å². The van der Waals surface area contributed by atoms with Crippen LogP contribution in [-0.2, 0) is 13.0 Å². The van der Waals surface area contributed by atoms with Gasteiger partial charge in [0, 0.05) is 13.0 Å². The highest BCUT2D eigenvalue weighted by Crippen LogP contribution is 2.21. The summed E-state index contributed by atoms with van der Waals surface area (Å²) in [4.78, 5) is 2.39. The molecule has 0 radical (unpaired) electrons. The van der Waals surface area contributed by atoms with Crippen LogP contribution in [0.3, 0.4) is 0 Å². The molecule has 2 heterocycles. The van der Waals surface area contributed by atoms with E-state index in [-0.39, 0.29) is 6.10 Å². The standard InChI is InChI=1S/C14H23NO2/c1-3-13-6-7-14(17-13)10-15-8-4-5-12(9-15)11(2)16/h6-7,11-12,16H,3-5,8-10H2,1-2H3/t11-,12+/m0/s1. The second kappa shape index (κ2) is 5.69. The van der Waals surface area contributed by atoms with Gasteiger partial charge in [-0.1, -0.05) is 6.92 Å². The summed E-state index contributed by atoms with van der Waals surface area (Å²) in [5.41, 5.74) is 0. The maximum atomic E-state index is 9.65. The van der Waals surface area contributed by atoms with Gasteiger partial charge in [0.2, 0.25) is 0 Å². The molecule has 1 aliphatic heterocycles. The molecule has 0 bridgehead atoms. The molecule has 96 valence electrons. The van der Waals surface area contributed by atoms with Crippen molar-refractivity contribution in [1.29, 1.82) is 0 Å². The maximum absolute atomic E-state index is 9.65. The lowest BCUT2D eigenvalue weighted by molar-refractivity contribution is 0.0571. The van der Waals surface area contributed by atoms with Crippen molar-refractivity contribution in [2.24, 2.45) is 5.92 Å².